The topological polar surface area (TPSA) is 42.7 Å². The predicted molar refractivity (Wildman–Crippen MR) is 59.5 cm³/mol. The Labute approximate surface area is 95.2 Å². The van der Waals surface area contributed by atoms with Gasteiger partial charge in [0.1, 0.15) is 0 Å². The van der Waals surface area contributed by atoms with Crippen molar-refractivity contribution in [2.75, 3.05) is 26.3 Å². The van der Waals surface area contributed by atoms with Crippen molar-refractivity contribution in [3.05, 3.63) is 24.2 Å². The second-order valence-corrected chi connectivity index (χ2v) is 4.69. The molecule has 1 fully saturated rings. The molecule has 2 rings (SSSR count). The van der Waals surface area contributed by atoms with Crippen LogP contribution < -0.4 is 0 Å². The van der Waals surface area contributed by atoms with Gasteiger partial charge in [-0.2, -0.15) is 0 Å². The number of nitrogens with zero attached hydrogens (tertiary/aromatic N) is 1. The highest BCUT2D eigenvalue weighted by Gasteiger charge is 2.32. The number of carbonyl (C=O) groups excluding carboxylic acids is 1. The summed E-state index contributed by atoms with van der Waals surface area (Å²) in [4.78, 5) is 14.0. The number of hydrogen-bond donors (Lipinski definition) is 0. The van der Waals surface area contributed by atoms with E-state index in [0.717, 1.165) is 6.54 Å². The van der Waals surface area contributed by atoms with E-state index in [4.69, 9.17) is 9.15 Å². The van der Waals surface area contributed by atoms with Crippen molar-refractivity contribution >= 4 is 5.78 Å². The van der Waals surface area contributed by atoms with E-state index in [0.29, 0.717) is 25.5 Å². The molecule has 0 saturated carbocycles. The summed E-state index contributed by atoms with van der Waals surface area (Å²) in [5, 5.41) is 0. The first-order valence-corrected chi connectivity index (χ1v) is 5.49. The number of morpholine rings is 1. The molecule has 1 aliphatic heterocycles. The van der Waals surface area contributed by atoms with Gasteiger partial charge in [0.2, 0.25) is 5.78 Å². The monoisotopic (exact) mass is 223 g/mol. The molecule has 0 radical (unpaired) electrons. The Balaban J connectivity index is 2.01. The summed E-state index contributed by atoms with van der Waals surface area (Å²) in [5.74, 6) is 0.460. The van der Waals surface area contributed by atoms with Crippen LogP contribution in [0.15, 0.2) is 22.8 Å². The van der Waals surface area contributed by atoms with Gasteiger partial charge in [0.15, 0.2) is 5.76 Å². The van der Waals surface area contributed by atoms with Crippen molar-refractivity contribution in [3.63, 3.8) is 0 Å². The zero-order valence-electron chi connectivity index (χ0n) is 9.73. The van der Waals surface area contributed by atoms with Crippen LogP contribution in [0.5, 0.6) is 0 Å². The number of carbonyl (C=O) groups is 1. The molecule has 1 aromatic heterocycles. The molecule has 0 unspecified atom stereocenters. The minimum absolute atomic E-state index is 0.0278. The number of Topliss-reactive ketones (excluding diaryl/α,β-unsaturated/α-hetero) is 1. The molecular formula is C12H17NO3. The molecule has 0 aliphatic carbocycles. The van der Waals surface area contributed by atoms with Gasteiger partial charge in [-0.25, -0.2) is 0 Å². The average Bonchev–Trinajstić information content (AvgIpc) is 2.74. The third-order valence-corrected chi connectivity index (χ3v) is 2.95. The Morgan fingerprint density at radius 2 is 2.38 bits per heavy atom. The molecule has 0 bridgehead atoms. The van der Waals surface area contributed by atoms with E-state index < -0.39 is 0 Å². The summed E-state index contributed by atoms with van der Waals surface area (Å²) in [6, 6.07) is 3.44. The third-order valence-electron chi connectivity index (χ3n) is 2.95. The number of rotatable bonds is 3. The summed E-state index contributed by atoms with van der Waals surface area (Å²) < 4.78 is 10.5. The molecule has 1 aliphatic rings. The fourth-order valence-corrected chi connectivity index (χ4v) is 1.87. The lowest BCUT2D eigenvalue weighted by Crippen LogP contribution is -2.54. The highest BCUT2D eigenvalue weighted by Crippen LogP contribution is 2.19. The molecule has 0 spiro atoms. The van der Waals surface area contributed by atoms with E-state index in [9.17, 15) is 4.79 Å². The van der Waals surface area contributed by atoms with Crippen LogP contribution >= 0.6 is 0 Å². The lowest BCUT2D eigenvalue weighted by Gasteiger charge is -2.41. The maximum Gasteiger partial charge on any atom is 0.211 e. The quantitative estimate of drug-likeness (QED) is 0.729. The molecule has 4 heteroatoms. The lowest BCUT2D eigenvalue weighted by molar-refractivity contribution is -0.0469. The van der Waals surface area contributed by atoms with Gasteiger partial charge >= 0.3 is 0 Å². The molecule has 0 aromatic carbocycles. The van der Waals surface area contributed by atoms with E-state index in [1.54, 1.807) is 12.1 Å². The molecule has 88 valence electrons. The Morgan fingerprint density at radius 3 is 3.00 bits per heavy atom. The largest absolute Gasteiger partial charge is 0.461 e. The molecule has 0 atom stereocenters. The zero-order chi connectivity index (χ0) is 11.6. The summed E-state index contributed by atoms with van der Waals surface area (Å²) in [7, 11) is 0. The van der Waals surface area contributed by atoms with E-state index in [2.05, 4.69) is 18.7 Å². The molecule has 2 heterocycles. The molecule has 1 saturated heterocycles. The van der Waals surface area contributed by atoms with Crippen LogP contribution in [0.25, 0.3) is 0 Å². The van der Waals surface area contributed by atoms with E-state index in [-0.39, 0.29) is 11.3 Å². The Bertz CT molecular complexity index is 356. The zero-order valence-corrected chi connectivity index (χ0v) is 9.73. The molecule has 4 nitrogen and oxygen atoms in total. The Morgan fingerprint density at radius 1 is 1.56 bits per heavy atom. The minimum Gasteiger partial charge on any atom is -0.461 e. The highest BCUT2D eigenvalue weighted by atomic mass is 16.5. The maximum atomic E-state index is 11.9. The van der Waals surface area contributed by atoms with Crippen LogP contribution in [0, 0.1) is 0 Å². The predicted octanol–water partition coefficient (Wildman–Crippen LogP) is 1.57. The summed E-state index contributed by atoms with van der Waals surface area (Å²) >= 11 is 0. The normalized spacial score (nSPS) is 20.9. The van der Waals surface area contributed by atoms with Gasteiger partial charge in [-0.15, -0.1) is 0 Å². The number of ketones is 1. The Kier molecular flexibility index (Phi) is 3.12. The van der Waals surface area contributed by atoms with E-state index in [1.807, 2.05) is 0 Å². The maximum absolute atomic E-state index is 11.9. The van der Waals surface area contributed by atoms with Crippen LogP contribution in [0.1, 0.15) is 24.4 Å². The minimum atomic E-state index is -0.0828. The first-order chi connectivity index (χ1) is 7.59. The van der Waals surface area contributed by atoms with Crippen LogP contribution in [0.3, 0.4) is 0 Å². The number of hydrogen-bond acceptors (Lipinski definition) is 4. The summed E-state index contributed by atoms with van der Waals surface area (Å²) in [6.45, 7) is 6.71. The van der Waals surface area contributed by atoms with Crippen molar-refractivity contribution in [1.82, 2.24) is 4.90 Å². The van der Waals surface area contributed by atoms with E-state index >= 15 is 0 Å². The van der Waals surface area contributed by atoms with Gasteiger partial charge in [0.05, 0.1) is 26.0 Å². The first kappa shape index (κ1) is 11.4. The molecule has 16 heavy (non-hydrogen) atoms. The standard InChI is InChI=1S/C12H17NO3/c1-12(2)9-15-7-5-13(12)8-10(14)11-4-3-6-16-11/h3-4,6H,5,7-9H2,1-2H3. The van der Waals surface area contributed by atoms with Crippen LogP contribution in [0.4, 0.5) is 0 Å². The molecule has 1 aromatic rings. The van der Waals surface area contributed by atoms with Gasteiger partial charge in [0.25, 0.3) is 0 Å². The number of furan rings is 1. The Hall–Kier alpha value is -1.13. The smallest absolute Gasteiger partial charge is 0.211 e. The van der Waals surface area contributed by atoms with Crippen molar-refractivity contribution in [3.8, 4) is 0 Å². The van der Waals surface area contributed by atoms with Crippen LogP contribution in [0.2, 0.25) is 0 Å². The highest BCUT2D eigenvalue weighted by molar-refractivity contribution is 5.95. The summed E-state index contributed by atoms with van der Waals surface area (Å²) in [5.41, 5.74) is -0.0828. The molecule has 0 amide bonds. The van der Waals surface area contributed by atoms with Crippen molar-refractivity contribution in [1.29, 1.82) is 0 Å². The van der Waals surface area contributed by atoms with Gasteiger partial charge in [0, 0.05) is 12.1 Å². The van der Waals surface area contributed by atoms with Crippen LogP contribution in [-0.4, -0.2) is 42.5 Å². The molecular weight excluding hydrogens is 206 g/mol. The second kappa shape index (κ2) is 4.39. The first-order valence-electron chi connectivity index (χ1n) is 5.49. The van der Waals surface area contributed by atoms with Gasteiger partial charge in [-0.05, 0) is 26.0 Å². The third kappa shape index (κ3) is 2.33. The van der Waals surface area contributed by atoms with Crippen molar-refractivity contribution < 1.29 is 13.9 Å². The second-order valence-electron chi connectivity index (χ2n) is 4.69. The lowest BCUT2D eigenvalue weighted by atomic mass is 10.0. The van der Waals surface area contributed by atoms with Gasteiger partial charge in [-0.1, -0.05) is 0 Å². The van der Waals surface area contributed by atoms with Crippen molar-refractivity contribution in [2.24, 2.45) is 0 Å². The number of ether oxygens (including phenoxy) is 1. The van der Waals surface area contributed by atoms with Gasteiger partial charge < -0.3 is 9.15 Å². The van der Waals surface area contributed by atoms with E-state index in [1.165, 1.54) is 6.26 Å². The fraction of sp³-hybridized carbons (Fsp3) is 0.583. The summed E-state index contributed by atoms with van der Waals surface area (Å²) in [6.07, 6.45) is 1.53. The fourth-order valence-electron chi connectivity index (χ4n) is 1.87. The molecule has 0 N–H and O–H groups in total. The van der Waals surface area contributed by atoms with Crippen molar-refractivity contribution in [2.45, 2.75) is 19.4 Å². The van der Waals surface area contributed by atoms with Gasteiger partial charge in [-0.3, -0.25) is 9.69 Å². The SMILES string of the molecule is CC1(C)COCCN1CC(=O)c1ccco1. The average molecular weight is 223 g/mol. The van der Waals surface area contributed by atoms with Crippen LogP contribution in [-0.2, 0) is 4.74 Å².